The molecule has 0 aromatic carbocycles. The minimum atomic E-state index is -2.30. The first-order valence-electron chi connectivity index (χ1n) is 14.6. The fourth-order valence-corrected chi connectivity index (χ4v) is 8.12. The molecule has 0 aromatic heterocycles. The Bertz CT molecular complexity index is 798. The van der Waals surface area contributed by atoms with Gasteiger partial charge in [0.05, 0.1) is 12.2 Å². The molecule has 1 saturated heterocycles. The van der Waals surface area contributed by atoms with Crippen LogP contribution in [0.25, 0.3) is 0 Å². The lowest BCUT2D eigenvalue weighted by molar-refractivity contribution is -0.230. The van der Waals surface area contributed by atoms with Gasteiger partial charge in [0.25, 0.3) is 0 Å². The summed E-state index contributed by atoms with van der Waals surface area (Å²) in [6, 6.07) is 0. The lowest BCUT2D eigenvalue weighted by Gasteiger charge is -2.54. The van der Waals surface area contributed by atoms with Gasteiger partial charge in [0.2, 0.25) is 0 Å². The van der Waals surface area contributed by atoms with E-state index in [1.165, 1.54) is 0 Å². The van der Waals surface area contributed by atoms with Crippen molar-refractivity contribution in [1.82, 2.24) is 0 Å². The van der Waals surface area contributed by atoms with Crippen LogP contribution in [0, 0.1) is 0 Å². The topological polar surface area (TPSA) is 77.4 Å². The van der Waals surface area contributed by atoms with Gasteiger partial charge < -0.3 is 28.2 Å². The molecule has 1 heterocycles. The van der Waals surface area contributed by atoms with E-state index < -0.39 is 55.5 Å². The zero-order chi connectivity index (χ0) is 30.8. The van der Waals surface area contributed by atoms with E-state index in [1.54, 1.807) is 0 Å². The van der Waals surface area contributed by atoms with Crippen LogP contribution in [0.5, 0.6) is 0 Å². The molecule has 2 N–H and O–H groups in total. The summed E-state index contributed by atoms with van der Waals surface area (Å²) in [4.78, 5) is 0. The molecule has 10 heteroatoms. The molecule has 0 saturated carbocycles. The molecule has 0 aromatic rings. The smallest absolute Gasteiger partial charge is 0.193 e. The Morgan fingerprint density at radius 2 is 1.23 bits per heavy atom. The zero-order valence-corrected chi connectivity index (χ0v) is 32.8. The first-order valence-corrected chi connectivity index (χ1v) is 24.5. The van der Waals surface area contributed by atoms with Gasteiger partial charge in [-0.3, -0.25) is 0 Å². The van der Waals surface area contributed by atoms with Gasteiger partial charge in [-0.25, -0.2) is 0 Å². The predicted octanol–water partition coefficient (Wildman–Crippen LogP) is 8.01. The van der Waals surface area contributed by atoms with E-state index in [9.17, 15) is 10.2 Å². The summed E-state index contributed by atoms with van der Waals surface area (Å²) in [5.74, 6) is 0. The minimum Gasteiger partial charge on any atom is -0.408 e. The van der Waals surface area contributed by atoms with Gasteiger partial charge in [0.15, 0.2) is 25.0 Å². The summed E-state index contributed by atoms with van der Waals surface area (Å²) in [5, 5.41) is 21.4. The highest BCUT2D eigenvalue weighted by atomic mass is 127. The molecule has 1 fully saturated rings. The Kier molecular flexibility index (Phi) is 13.3. The Morgan fingerprint density at radius 1 is 0.795 bits per heavy atom. The fraction of sp³-hybridized carbons (Fsp3) is 0.931. The van der Waals surface area contributed by atoms with E-state index in [2.05, 4.69) is 130 Å². The summed E-state index contributed by atoms with van der Waals surface area (Å²) in [6.45, 7) is 33.6. The van der Waals surface area contributed by atoms with Crippen LogP contribution in [0.3, 0.4) is 0 Å². The van der Waals surface area contributed by atoms with Crippen molar-refractivity contribution >= 4 is 47.5 Å². The van der Waals surface area contributed by atoms with Crippen LogP contribution in [-0.2, 0) is 18.0 Å². The predicted molar refractivity (Wildman–Crippen MR) is 180 cm³/mol. The lowest BCUT2D eigenvalue weighted by atomic mass is 9.90. The Labute approximate surface area is 257 Å². The second kappa shape index (κ2) is 13.7. The molecule has 0 aliphatic carbocycles. The van der Waals surface area contributed by atoms with E-state index in [0.29, 0.717) is 12.8 Å². The summed E-state index contributed by atoms with van der Waals surface area (Å²) in [5.41, 5.74) is 0. The highest BCUT2D eigenvalue weighted by Gasteiger charge is 2.55. The highest BCUT2D eigenvalue weighted by Crippen LogP contribution is 2.45. The largest absolute Gasteiger partial charge is 0.408 e. The summed E-state index contributed by atoms with van der Waals surface area (Å²) in [7, 11) is -6.79. The monoisotopic (exact) mass is 716 g/mol. The number of ether oxygens (including phenoxy) is 1. The first kappa shape index (κ1) is 37.9. The third-order valence-corrected chi connectivity index (χ3v) is 23.5. The number of aliphatic hydroxyl groups excluding tert-OH is 2. The van der Waals surface area contributed by atoms with E-state index in [4.69, 9.17) is 18.0 Å². The Hall–Kier alpha value is 0.881. The van der Waals surface area contributed by atoms with E-state index in [1.807, 2.05) is 4.08 Å². The highest BCUT2D eigenvalue weighted by molar-refractivity contribution is 14.1. The van der Waals surface area contributed by atoms with E-state index >= 15 is 0 Å². The number of hydrogen-bond acceptors (Lipinski definition) is 6. The maximum absolute atomic E-state index is 11.8. The van der Waals surface area contributed by atoms with Crippen molar-refractivity contribution in [3.63, 3.8) is 0 Å². The van der Waals surface area contributed by atoms with Crippen LogP contribution in [-0.4, -0.2) is 78.4 Å². The Morgan fingerprint density at radius 3 is 1.62 bits per heavy atom. The number of aliphatic hydroxyl groups is 2. The average Bonchev–Trinajstić information content (AvgIpc) is 2.72. The van der Waals surface area contributed by atoms with Crippen molar-refractivity contribution in [3.05, 3.63) is 10.2 Å². The van der Waals surface area contributed by atoms with Crippen LogP contribution < -0.4 is 0 Å². The molecule has 0 bridgehead atoms. The summed E-state index contributed by atoms with van der Waals surface area (Å²) < 4.78 is 30.1. The molecule has 0 amide bonds. The molecule has 1 aliphatic heterocycles. The number of hydrogen-bond donors (Lipinski definition) is 2. The molecular weight excluding hydrogens is 655 g/mol. The molecule has 0 unspecified atom stereocenters. The second-order valence-electron chi connectivity index (χ2n) is 15.8. The summed E-state index contributed by atoms with van der Waals surface area (Å²) >= 11 is 2.25. The fourth-order valence-electron chi connectivity index (χ4n) is 3.86. The molecule has 1 rings (SSSR count). The van der Waals surface area contributed by atoms with E-state index in [-0.39, 0.29) is 27.8 Å². The van der Waals surface area contributed by atoms with Crippen LogP contribution in [0.2, 0.25) is 54.4 Å². The van der Waals surface area contributed by atoms with Gasteiger partial charge in [0.1, 0.15) is 24.4 Å². The van der Waals surface area contributed by atoms with Crippen molar-refractivity contribution < 1.29 is 28.2 Å². The second-order valence-corrected chi connectivity index (χ2v) is 30.8. The third-order valence-electron chi connectivity index (χ3n) is 9.64. The molecule has 0 radical (unpaired) electrons. The Balaban J connectivity index is 3.81. The maximum Gasteiger partial charge on any atom is 0.193 e. The quantitative estimate of drug-likeness (QED) is 0.167. The van der Waals surface area contributed by atoms with Crippen LogP contribution in [0.4, 0.5) is 0 Å². The van der Waals surface area contributed by atoms with Crippen LogP contribution in [0.15, 0.2) is 10.2 Å². The SMILES string of the molecule is CC(C)(C)[Si](C)(C)O[C@@H]1[C@H]([C@H](C=CI)O[Si](C)(C)C(C)(C)C)O[C@@H](CCCO)[C@H](O)[C@@H]1O[Si](C)(C)C(C)(C)C. The normalized spacial score (nSPS) is 27.3. The first-order chi connectivity index (χ1) is 17.3. The molecule has 6 nitrogen and oxygen atoms in total. The van der Waals surface area contributed by atoms with Gasteiger partial charge in [-0.05, 0) is 77.4 Å². The van der Waals surface area contributed by atoms with Crippen molar-refractivity contribution in [2.75, 3.05) is 6.61 Å². The van der Waals surface area contributed by atoms with Crippen molar-refractivity contribution in [2.45, 2.75) is 166 Å². The zero-order valence-electron chi connectivity index (χ0n) is 27.6. The molecule has 0 spiro atoms. The van der Waals surface area contributed by atoms with Crippen molar-refractivity contribution in [1.29, 1.82) is 0 Å². The van der Waals surface area contributed by atoms with Gasteiger partial charge in [-0.15, -0.1) is 0 Å². The van der Waals surface area contributed by atoms with Gasteiger partial charge in [-0.2, -0.15) is 0 Å². The number of rotatable bonds is 11. The summed E-state index contributed by atoms with van der Waals surface area (Å²) in [6.07, 6.45) is -0.0492. The molecule has 1 aliphatic rings. The number of halogens is 1. The molecule has 39 heavy (non-hydrogen) atoms. The van der Waals surface area contributed by atoms with Crippen LogP contribution in [0.1, 0.15) is 75.2 Å². The third kappa shape index (κ3) is 9.69. The van der Waals surface area contributed by atoms with Gasteiger partial charge >= 0.3 is 0 Å². The van der Waals surface area contributed by atoms with Crippen LogP contribution >= 0.6 is 22.6 Å². The van der Waals surface area contributed by atoms with Gasteiger partial charge in [0, 0.05) is 6.61 Å². The maximum atomic E-state index is 11.8. The average molecular weight is 717 g/mol. The standard InChI is InChI=1S/C29H61IO6Si3/c1-27(2,3)37(10,11)34-22(18-19-30)24-26(36-39(14,15)29(7,8)9)25(35-38(12,13)28(4,5)6)23(32)21(33-24)17-16-20-31/h18-19,21-26,31-32H,16-17,20H2,1-15H3/t21-,22-,23-,24-,25-,26+/m0/s1. The lowest BCUT2D eigenvalue weighted by Crippen LogP contribution is -2.67. The molecular formula is C29H61IO6Si3. The van der Waals surface area contributed by atoms with E-state index in [0.717, 1.165) is 0 Å². The molecule has 232 valence electrons. The van der Waals surface area contributed by atoms with Gasteiger partial charge in [-0.1, -0.05) is 84.9 Å². The minimum absolute atomic E-state index is 0.0155. The van der Waals surface area contributed by atoms with Crippen molar-refractivity contribution in [3.8, 4) is 0 Å². The van der Waals surface area contributed by atoms with Crippen molar-refractivity contribution in [2.24, 2.45) is 0 Å². The molecule has 6 atom stereocenters.